The molecular formula is C28H42ClN5O2. The molecule has 0 radical (unpaired) electrons. The summed E-state index contributed by atoms with van der Waals surface area (Å²) < 4.78 is 11.8. The molecule has 1 aromatic heterocycles. The minimum atomic E-state index is 0.105. The number of nitrogens with zero attached hydrogens (tertiary/aromatic N) is 3. The van der Waals surface area contributed by atoms with Crippen LogP contribution in [0.25, 0.3) is 0 Å². The van der Waals surface area contributed by atoms with Crippen molar-refractivity contribution in [3.8, 4) is 5.75 Å². The quantitative estimate of drug-likeness (QED) is 0.375. The molecule has 0 saturated carbocycles. The third-order valence-corrected chi connectivity index (χ3v) is 7.57. The van der Waals surface area contributed by atoms with Crippen molar-refractivity contribution in [2.75, 3.05) is 44.0 Å². The number of anilines is 3. The van der Waals surface area contributed by atoms with Crippen LogP contribution in [0, 0.1) is 5.92 Å². The van der Waals surface area contributed by atoms with Crippen LogP contribution in [0.3, 0.4) is 0 Å². The van der Waals surface area contributed by atoms with Crippen molar-refractivity contribution < 1.29 is 9.47 Å². The smallest absolute Gasteiger partial charge is 0.229 e. The normalized spacial score (nSPS) is 18.8. The Bertz CT molecular complexity index is 974. The summed E-state index contributed by atoms with van der Waals surface area (Å²) in [6, 6.07) is 6.71. The highest BCUT2D eigenvalue weighted by molar-refractivity contribution is 6.32. The number of hydrogen-bond donors (Lipinski definition) is 2. The minimum Gasteiger partial charge on any atom is -0.491 e. The molecule has 4 rings (SSSR count). The molecule has 1 aromatic carbocycles. The number of nitrogens with one attached hydrogen (secondary N) is 2. The van der Waals surface area contributed by atoms with E-state index in [4.69, 9.17) is 26.1 Å². The third kappa shape index (κ3) is 7.24. The van der Waals surface area contributed by atoms with E-state index in [1.165, 1.54) is 5.56 Å². The molecule has 8 heteroatoms. The molecule has 0 aliphatic carbocycles. The molecule has 2 aliphatic heterocycles. The Morgan fingerprint density at radius 1 is 1.17 bits per heavy atom. The van der Waals surface area contributed by atoms with Gasteiger partial charge in [0, 0.05) is 31.0 Å². The number of ether oxygens (including phenoxy) is 2. The minimum absolute atomic E-state index is 0.105. The van der Waals surface area contributed by atoms with Crippen molar-refractivity contribution in [2.24, 2.45) is 5.92 Å². The summed E-state index contributed by atoms with van der Waals surface area (Å²) in [4.78, 5) is 11.6. The molecule has 0 spiro atoms. The van der Waals surface area contributed by atoms with Crippen molar-refractivity contribution in [3.63, 3.8) is 0 Å². The predicted octanol–water partition coefficient (Wildman–Crippen LogP) is 6.48. The highest BCUT2D eigenvalue weighted by atomic mass is 35.5. The summed E-state index contributed by atoms with van der Waals surface area (Å²) >= 11 is 6.52. The van der Waals surface area contributed by atoms with E-state index >= 15 is 0 Å². The summed E-state index contributed by atoms with van der Waals surface area (Å²) in [5.74, 6) is 3.23. The van der Waals surface area contributed by atoms with Crippen molar-refractivity contribution in [1.29, 1.82) is 0 Å². The van der Waals surface area contributed by atoms with Gasteiger partial charge in [-0.2, -0.15) is 4.98 Å². The molecule has 2 saturated heterocycles. The molecule has 198 valence electrons. The standard InChI is InChI=1S/C28H42ClN5O2/c1-5-6-25(21-11-15-35-16-12-21)32-27-24(29)18-30-28(33-27)31-22-7-8-23(26(17-22)36-19(2)3)20-9-13-34(4)14-10-20/h7-8,17-21,25H,5-6,9-16H2,1-4H3,(H2,30,31,32,33)/t25-/m1/s1. The van der Waals surface area contributed by atoms with E-state index < -0.39 is 0 Å². The van der Waals surface area contributed by atoms with Crippen LogP contribution in [0.5, 0.6) is 5.75 Å². The molecule has 7 nitrogen and oxygen atoms in total. The lowest BCUT2D eigenvalue weighted by molar-refractivity contribution is 0.0596. The third-order valence-electron chi connectivity index (χ3n) is 7.29. The second kappa shape index (κ2) is 12.9. The lowest BCUT2D eigenvalue weighted by Crippen LogP contribution is -2.33. The second-order valence-corrected chi connectivity index (χ2v) is 10.9. The Balaban J connectivity index is 1.51. The number of likely N-dealkylation sites (tertiary alicyclic amines) is 1. The first-order valence-corrected chi connectivity index (χ1v) is 13.9. The molecule has 0 amide bonds. The molecule has 3 heterocycles. The fourth-order valence-electron chi connectivity index (χ4n) is 5.31. The zero-order valence-corrected chi connectivity index (χ0v) is 23.0. The van der Waals surface area contributed by atoms with E-state index in [-0.39, 0.29) is 6.10 Å². The topological polar surface area (TPSA) is 71.5 Å². The van der Waals surface area contributed by atoms with Crippen LogP contribution in [0.1, 0.15) is 70.8 Å². The van der Waals surface area contributed by atoms with Gasteiger partial charge in [-0.05, 0) is 89.6 Å². The van der Waals surface area contributed by atoms with Crippen LogP contribution in [0.2, 0.25) is 5.02 Å². The van der Waals surface area contributed by atoms with Crippen molar-refractivity contribution >= 4 is 29.1 Å². The number of halogens is 1. The van der Waals surface area contributed by atoms with Gasteiger partial charge >= 0.3 is 0 Å². The summed E-state index contributed by atoms with van der Waals surface area (Å²) in [5, 5.41) is 7.55. The van der Waals surface area contributed by atoms with E-state index in [0.717, 1.165) is 76.3 Å². The Labute approximate surface area is 221 Å². The summed E-state index contributed by atoms with van der Waals surface area (Å²) in [6.07, 6.45) is 8.38. The maximum atomic E-state index is 6.52. The molecule has 36 heavy (non-hydrogen) atoms. The van der Waals surface area contributed by atoms with Gasteiger partial charge in [-0.1, -0.05) is 31.0 Å². The SMILES string of the molecule is CCC[C@@H](Nc1nc(Nc2ccc(C3CCN(C)CC3)c(OC(C)C)c2)ncc1Cl)C1CCOCC1. The van der Waals surface area contributed by atoms with Crippen LogP contribution < -0.4 is 15.4 Å². The van der Waals surface area contributed by atoms with E-state index in [2.05, 4.69) is 66.5 Å². The zero-order chi connectivity index (χ0) is 25.5. The van der Waals surface area contributed by atoms with Crippen molar-refractivity contribution in [2.45, 2.75) is 77.4 Å². The molecule has 2 fully saturated rings. The zero-order valence-electron chi connectivity index (χ0n) is 22.2. The molecule has 0 unspecified atom stereocenters. The van der Waals surface area contributed by atoms with Crippen LogP contribution in [0.4, 0.5) is 17.5 Å². The van der Waals surface area contributed by atoms with Crippen molar-refractivity contribution in [1.82, 2.24) is 14.9 Å². The largest absolute Gasteiger partial charge is 0.491 e. The highest BCUT2D eigenvalue weighted by Gasteiger charge is 2.25. The van der Waals surface area contributed by atoms with Crippen molar-refractivity contribution in [3.05, 3.63) is 35.0 Å². The monoisotopic (exact) mass is 515 g/mol. The number of hydrogen-bond acceptors (Lipinski definition) is 7. The van der Waals surface area contributed by atoms with Gasteiger partial charge in [0.25, 0.3) is 0 Å². The maximum Gasteiger partial charge on any atom is 0.229 e. The fourth-order valence-corrected chi connectivity index (χ4v) is 5.46. The molecule has 2 aromatic rings. The average Bonchev–Trinajstić information content (AvgIpc) is 2.87. The summed E-state index contributed by atoms with van der Waals surface area (Å²) in [5.41, 5.74) is 2.20. The number of piperidine rings is 1. The first kappa shape index (κ1) is 27.0. The number of benzene rings is 1. The molecule has 2 aliphatic rings. The maximum absolute atomic E-state index is 6.52. The van der Waals surface area contributed by atoms with Crippen LogP contribution in [-0.4, -0.2) is 60.4 Å². The van der Waals surface area contributed by atoms with E-state index in [1.54, 1.807) is 6.20 Å². The molecular weight excluding hydrogens is 474 g/mol. The van der Waals surface area contributed by atoms with Crippen LogP contribution >= 0.6 is 11.6 Å². The fraction of sp³-hybridized carbons (Fsp3) is 0.643. The van der Waals surface area contributed by atoms with Gasteiger partial charge in [0.1, 0.15) is 10.8 Å². The van der Waals surface area contributed by atoms with Gasteiger partial charge in [-0.3, -0.25) is 0 Å². The Kier molecular flexibility index (Phi) is 9.68. The molecule has 1 atom stereocenters. The van der Waals surface area contributed by atoms with E-state index in [1.807, 2.05) is 0 Å². The Morgan fingerprint density at radius 3 is 2.61 bits per heavy atom. The molecule has 2 N–H and O–H groups in total. The van der Waals surface area contributed by atoms with E-state index in [0.29, 0.717) is 34.7 Å². The molecule has 0 bridgehead atoms. The van der Waals surface area contributed by atoms with Gasteiger partial charge in [-0.25, -0.2) is 4.98 Å². The van der Waals surface area contributed by atoms with Gasteiger partial charge < -0.3 is 25.0 Å². The van der Waals surface area contributed by atoms with Crippen LogP contribution in [0.15, 0.2) is 24.4 Å². The van der Waals surface area contributed by atoms with Crippen LogP contribution in [-0.2, 0) is 4.74 Å². The second-order valence-electron chi connectivity index (χ2n) is 10.5. The van der Waals surface area contributed by atoms with Gasteiger partial charge in [0.2, 0.25) is 5.95 Å². The predicted molar refractivity (Wildman–Crippen MR) is 148 cm³/mol. The average molecular weight is 516 g/mol. The summed E-state index contributed by atoms with van der Waals surface area (Å²) in [6.45, 7) is 10.2. The first-order valence-electron chi connectivity index (χ1n) is 13.6. The lowest BCUT2D eigenvalue weighted by Gasteiger charge is -2.31. The Morgan fingerprint density at radius 2 is 1.92 bits per heavy atom. The van der Waals surface area contributed by atoms with Gasteiger partial charge in [-0.15, -0.1) is 0 Å². The first-order chi connectivity index (χ1) is 17.4. The summed E-state index contributed by atoms with van der Waals surface area (Å²) in [7, 11) is 2.19. The number of rotatable bonds is 10. The lowest BCUT2D eigenvalue weighted by atomic mass is 9.89. The number of aromatic nitrogens is 2. The van der Waals surface area contributed by atoms with E-state index in [9.17, 15) is 0 Å². The van der Waals surface area contributed by atoms with Gasteiger partial charge in [0.05, 0.1) is 12.3 Å². The Hall–Kier alpha value is -2.09. The van der Waals surface area contributed by atoms with Gasteiger partial charge in [0.15, 0.2) is 5.82 Å². The highest BCUT2D eigenvalue weighted by Crippen LogP contribution is 2.37.